The van der Waals surface area contributed by atoms with Crippen LogP contribution in [-0.2, 0) is 0 Å². The van der Waals surface area contributed by atoms with Gasteiger partial charge in [0, 0.05) is 11.6 Å². The SMILES string of the molecule is CCCNC(c1c(F)ccc(C)c1F)C1CCCCCC1. The highest BCUT2D eigenvalue weighted by Gasteiger charge is 2.29. The average molecular weight is 295 g/mol. The lowest BCUT2D eigenvalue weighted by molar-refractivity contribution is 0.309. The summed E-state index contributed by atoms with van der Waals surface area (Å²) >= 11 is 0. The average Bonchev–Trinajstić information content (AvgIpc) is 2.75. The van der Waals surface area contributed by atoms with Crippen LogP contribution in [0.2, 0.25) is 0 Å². The highest BCUT2D eigenvalue weighted by atomic mass is 19.1. The standard InChI is InChI=1S/C18H27F2N/c1-3-12-21-18(14-8-6-4-5-7-9-14)16-15(19)11-10-13(2)17(16)20/h10-11,14,18,21H,3-9,12H2,1-2H3. The van der Waals surface area contributed by atoms with Crippen LogP contribution in [0.25, 0.3) is 0 Å². The van der Waals surface area contributed by atoms with E-state index in [9.17, 15) is 8.78 Å². The largest absolute Gasteiger partial charge is 0.310 e. The maximum Gasteiger partial charge on any atom is 0.133 e. The quantitative estimate of drug-likeness (QED) is 0.728. The first-order valence-electron chi connectivity index (χ1n) is 8.33. The number of benzene rings is 1. The molecule has 2 rings (SSSR count). The second-order valence-corrected chi connectivity index (χ2v) is 6.28. The summed E-state index contributed by atoms with van der Waals surface area (Å²) in [5.74, 6) is -0.436. The molecule has 0 spiro atoms. The van der Waals surface area contributed by atoms with Crippen LogP contribution in [0.1, 0.15) is 69.0 Å². The molecule has 1 aliphatic rings. The number of halogens is 2. The number of aryl methyl sites for hydroxylation is 1. The molecule has 1 fully saturated rings. The van der Waals surface area contributed by atoms with Gasteiger partial charge in [0.1, 0.15) is 11.6 Å². The van der Waals surface area contributed by atoms with E-state index in [4.69, 9.17) is 0 Å². The van der Waals surface area contributed by atoms with Crippen molar-refractivity contribution in [3.63, 3.8) is 0 Å². The minimum atomic E-state index is -0.407. The molecule has 0 saturated heterocycles. The van der Waals surface area contributed by atoms with Gasteiger partial charge in [-0.15, -0.1) is 0 Å². The first-order chi connectivity index (χ1) is 10.1. The summed E-state index contributed by atoms with van der Waals surface area (Å²) in [5.41, 5.74) is 0.790. The van der Waals surface area contributed by atoms with E-state index in [0.717, 1.165) is 25.8 Å². The topological polar surface area (TPSA) is 12.0 Å². The minimum absolute atomic E-state index is 0.192. The number of hydrogen-bond donors (Lipinski definition) is 1. The van der Waals surface area contributed by atoms with E-state index in [1.54, 1.807) is 6.92 Å². The van der Waals surface area contributed by atoms with Crippen LogP contribution in [-0.4, -0.2) is 6.54 Å². The molecule has 1 aliphatic carbocycles. The summed E-state index contributed by atoms with van der Waals surface area (Å²) in [5, 5.41) is 3.41. The second kappa shape index (κ2) is 7.88. The molecule has 1 atom stereocenters. The molecule has 0 bridgehead atoms. The minimum Gasteiger partial charge on any atom is -0.310 e. The zero-order valence-corrected chi connectivity index (χ0v) is 13.2. The molecule has 3 heteroatoms. The van der Waals surface area contributed by atoms with Gasteiger partial charge in [0.05, 0.1) is 0 Å². The van der Waals surface area contributed by atoms with Gasteiger partial charge in [-0.05, 0) is 50.3 Å². The Morgan fingerprint density at radius 1 is 1.14 bits per heavy atom. The zero-order chi connectivity index (χ0) is 15.2. The Balaban J connectivity index is 2.32. The Hall–Kier alpha value is -0.960. The molecule has 1 nitrogen and oxygen atoms in total. The van der Waals surface area contributed by atoms with Gasteiger partial charge in [-0.2, -0.15) is 0 Å². The van der Waals surface area contributed by atoms with Gasteiger partial charge in [-0.1, -0.05) is 38.7 Å². The van der Waals surface area contributed by atoms with Crippen LogP contribution >= 0.6 is 0 Å². The van der Waals surface area contributed by atoms with E-state index in [2.05, 4.69) is 12.2 Å². The molecule has 0 amide bonds. The third-order valence-corrected chi connectivity index (χ3v) is 4.62. The fourth-order valence-corrected chi connectivity index (χ4v) is 3.41. The first-order valence-corrected chi connectivity index (χ1v) is 8.33. The van der Waals surface area contributed by atoms with Crippen LogP contribution in [0, 0.1) is 24.5 Å². The van der Waals surface area contributed by atoms with Gasteiger partial charge in [0.2, 0.25) is 0 Å². The lowest BCUT2D eigenvalue weighted by Crippen LogP contribution is -2.31. The van der Waals surface area contributed by atoms with Gasteiger partial charge in [0.25, 0.3) is 0 Å². The van der Waals surface area contributed by atoms with Gasteiger partial charge < -0.3 is 5.32 Å². The Kier molecular flexibility index (Phi) is 6.16. The fraction of sp³-hybridized carbons (Fsp3) is 0.667. The molecule has 0 heterocycles. The monoisotopic (exact) mass is 295 g/mol. The Bertz CT molecular complexity index is 451. The molecule has 0 aromatic heterocycles. The Morgan fingerprint density at radius 2 is 1.81 bits per heavy atom. The summed E-state index contributed by atoms with van der Waals surface area (Å²) in [6, 6.07) is 2.74. The van der Waals surface area contributed by atoms with Crippen molar-refractivity contribution < 1.29 is 8.78 Å². The van der Waals surface area contributed by atoms with Crippen molar-refractivity contribution in [2.45, 2.75) is 64.8 Å². The normalized spacial score (nSPS) is 18.5. The zero-order valence-electron chi connectivity index (χ0n) is 13.2. The molecule has 1 aromatic rings. The third-order valence-electron chi connectivity index (χ3n) is 4.62. The van der Waals surface area contributed by atoms with Crippen molar-refractivity contribution in [1.82, 2.24) is 5.32 Å². The van der Waals surface area contributed by atoms with E-state index >= 15 is 0 Å². The molecule has 118 valence electrons. The lowest BCUT2D eigenvalue weighted by atomic mass is 9.86. The third kappa shape index (κ3) is 4.03. The molecule has 1 unspecified atom stereocenters. The summed E-state index contributed by atoms with van der Waals surface area (Å²) in [6.45, 7) is 4.59. The van der Waals surface area contributed by atoms with Crippen molar-refractivity contribution in [2.24, 2.45) is 5.92 Å². The molecule has 0 aliphatic heterocycles. The maximum absolute atomic E-state index is 14.5. The van der Waals surface area contributed by atoms with E-state index in [1.807, 2.05) is 0 Å². The number of rotatable bonds is 5. The molecular weight excluding hydrogens is 268 g/mol. The summed E-state index contributed by atoms with van der Waals surface area (Å²) in [7, 11) is 0. The van der Waals surface area contributed by atoms with Gasteiger partial charge in [-0.25, -0.2) is 8.78 Å². The highest BCUT2D eigenvalue weighted by Crippen LogP contribution is 2.36. The molecule has 1 saturated carbocycles. The summed E-state index contributed by atoms with van der Waals surface area (Å²) in [6.07, 6.45) is 7.93. The van der Waals surface area contributed by atoms with Gasteiger partial charge in [-0.3, -0.25) is 0 Å². The number of nitrogens with one attached hydrogen (secondary N) is 1. The van der Waals surface area contributed by atoms with E-state index in [1.165, 1.54) is 37.8 Å². The second-order valence-electron chi connectivity index (χ2n) is 6.28. The lowest BCUT2D eigenvalue weighted by Gasteiger charge is -2.29. The van der Waals surface area contributed by atoms with Crippen molar-refractivity contribution in [1.29, 1.82) is 0 Å². The Labute approximate surface area is 127 Å². The molecular formula is C18H27F2N. The number of hydrogen-bond acceptors (Lipinski definition) is 1. The molecule has 1 N–H and O–H groups in total. The maximum atomic E-state index is 14.5. The van der Waals surface area contributed by atoms with Gasteiger partial charge in [0.15, 0.2) is 0 Å². The van der Waals surface area contributed by atoms with Crippen LogP contribution in [0.5, 0.6) is 0 Å². The van der Waals surface area contributed by atoms with E-state index < -0.39 is 5.82 Å². The Morgan fingerprint density at radius 3 is 2.43 bits per heavy atom. The van der Waals surface area contributed by atoms with Crippen molar-refractivity contribution in [3.8, 4) is 0 Å². The van der Waals surface area contributed by atoms with Crippen LogP contribution in [0.3, 0.4) is 0 Å². The summed E-state index contributed by atoms with van der Waals surface area (Å²) in [4.78, 5) is 0. The molecule has 1 aromatic carbocycles. The van der Waals surface area contributed by atoms with E-state index in [-0.39, 0.29) is 17.4 Å². The van der Waals surface area contributed by atoms with Crippen LogP contribution < -0.4 is 5.32 Å². The predicted octanol–water partition coefficient (Wildman–Crippen LogP) is 5.28. The first kappa shape index (κ1) is 16.4. The van der Waals surface area contributed by atoms with Crippen LogP contribution in [0.15, 0.2) is 12.1 Å². The van der Waals surface area contributed by atoms with Crippen molar-refractivity contribution in [2.75, 3.05) is 6.54 Å². The van der Waals surface area contributed by atoms with E-state index in [0.29, 0.717) is 11.5 Å². The molecule has 21 heavy (non-hydrogen) atoms. The van der Waals surface area contributed by atoms with Crippen molar-refractivity contribution in [3.05, 3.63) is 34.9 Å². The predicted molar refractivity (Wildman–Crippen MR) is 83.3 cm³/mol. The summed E-state index contributed by atoms with van der Waals surface area (Å²) < 4.78 is 28.8. The van der Waals surface area contributed by atoms with Gasteiger partial charge >= 0.3 is 0 Å². The fourth-order valence-electron chi connectivity index (χ4n) is 3.41. The van der Waals surface area contributed by atoms with Crippen molar-refractivity contribution >= 4 is 0 Å². The highest BCUT2D eigenvalue weighted by molar-refractivity contribution is 5.30. The smallest absolute Gasteiger partial charge is 0.133 e. The molecule has 0 radical (unpaired) electrons. The van der Waals surface area contributed by atoms with Crippen LogP contribution in [0.4, 0.5) is 8.78 Å².